The first-order chi connectivity index (χ1) is 2.41. The molecule has 0 heterocycles. The van der Waals surface area contributed by atoms with Crippen molar-refractivity contribution in [3.63, 3.8) is 0 Å². The van der Waals surface area contributed by atoms with Gasteiger partial charge in [-0.15, -0.1) is 6.42 Å². The first-order valence-electron chi connectivity index (χ1n) is 1.20. The third-order valence-electron chi connectivity index (χ3n) is 0.174. The Bertz CT molecular complexity index is 61.8. The van der Waals surface area contributed by atoms with E-state index >= 15 is 0 Å². The zero-order valence-electron chi connectivity index (χ0n) is 2.69. The lowest BCUT2D eigenvalue weighted by molar-refractivity contribution is 0.600. The molecule has 2 heteroatoms. The largest absolute Gasteiger partial charge is 0.337 e. The number of hydrogen-bond donors (Lipinski definition) is 0. The molecule has 26 valence electrons. The molecule has 1 atom stereocenters. The van der Waals surface area contributed by atoms with Crippen LogP contribution >= 0.6 is 8.46 Å². The third-order valence-corrected chi connectivity index (χ3v) is 0.523. The molecule has 0 aromatic rings. The summed E-state index contributed by atoms with van der Waals surface area (Å²) in [4.78, 5) is 0. The van der Waals surface area contributed by atoms with Crippen LogP contribution in [0.4, 0.5) is 0 Å². The molecule has 0 amide bonds. The second-order valence-corrected chi connectivity index (χ2v) is 1.17. The molecule has 0 N–H and O–H groups in total. The second kappa shape index (κ2) is 3.66. The van der Waals surface area contributed by atoms with Crippen molar-refractivity contribution in [2.75, 3.05) is 6.16 Å². The van der Waals surface area contributed by atoms with Gasteiger partial charge < -0.3 is 0 Å². The highest BCUT2D eigenvalue weighted by Crippen LogP contribution is 1.83. The molecule has 0 rings (SSSR count). The molecule has 5 heavy (non-hydrogen) atoms. The molecule has 0 aliphatic heterocycles. The lowest BCUT2D eigenvalue weighted by Gasteiger charge is -1.42. The molecule has 0 aromatic heterocycles. The van der Waals surface area contributed by atoms with E-state index in [1.165, 1.54) is 0 Å². The van der Waals surface area contributed by atoms with Crippen LogP contribution in [0.1, 0.15) is 0 Å². The van der Waals surface area contributed by atoms with Crippen molar-refractivity contribution in [2.24, 2.45) is 0 Å². The molecular weight excluding hydrogens is 83.0 g/mol. The Hall–Kier alpha value is -0.340. The van der Waals surface area contributed by atoms with Gasteiger partial charge in [0.2, 0.25) is 6.16 Å². The van der Waals surface area contributed by atoms with Crippen LogP contribution in [-0.4, -0.2) is 6.16 Å². The van der Waals surface area contributed by atoms with E-state index in [-0.39, 0.29) is 8.46 Å². The number of terminal acetylenes is 1. The quantitative estimate of drug-likeness (QED) is 0.339. The van der Waals surface area contributed by atoms with Crippen LogP contribution in [-0.2, 0) is 4.57 Å². The Balaban J connectivity index is 2.75. The minimum Gasteiger partial charge on any atom is -0.116 e. The van der Waals surface area contributed by atoms with Crippen LogP contribution < -0.4 is 0 Å². The first-order valence-corrected chi connectivity index (χ1v) is 2.32. The molecule has 0 aliphatic rings. The Labute approximate surface area is 32.6 Å². The lowest BCUT2D eigenvalue weighted by atomic mass is 10.8. The zero-order valence-corrected chi connectivity index (χ0v) is 3.69. The van der Waals surface area contributed by atoms with Crippen molar-refractivity contribution in [3.8, 4) is 12.3 Å². The lowest BCUT2D eigenvalue weighted by Crippen LogP contribution is -1.49. The summed E-state index contributed by atoms with van der Waals surface area (Å²) in [6.07, 6.45) is 5.08. The van der Waals surface area contributed by atoms with Crippen LogP contribution in [0.25, 0.3) is 0 Å². The maximum Gasteiger partial charge on any atom is 0.337 e. The molecule has 1 unspecified atom stereocenters. The van der Waals surface area contributed by atoms with Gasteiger partial charge in [-0.25, -0.2) is 0 Å². The van der Waals surface area contributed by atoms with Crippen LogP contribution in [0.3, 0.4) is 0 Å². The van der Waals surface area contributed by atoms with E-state index in [1.807, 2.05) is 0 Å². The fourth-order valence-corrected chi connectivity index (χ4v) is 0.125. The highest BCUT2D eigenvalue weighted by molar-refractivity contribution is 7.24. The van der Waals surface area contributed by atoms with Gasteiger partial charge in [-0.2, -0.15) is 0 Å². The summed E-state index contributed by atoms with van der Waals surface area (Å²) >= 11 is 0. The normalized spacial score (nSPS) is 7.00. The topological polar surface area (TPSA) is 17.1 Å². The van der Waals surface area contributed by atoms with Gasteiger partial charge in [0.1, 0.15) is 0 Å². The molecule has 0 aromatic carbocycles. The van der Waals surface area contributed by atoms with Gasteiger partial charge >= 0.3 is 8.46 Å². The summed E-state index contributed by atoms with van der Waals surface area (Å²) in [5, 5.41) is 0. The molecule has 0 fully saturated rings. The molecule has 0 aliphatic carbocycles. The van der Waals surface area contributed by atoms with Gasteiger partial charge in [0.15, 0.2) is 0 Å². The molecule has 0 bridgehead atoms. The van der Waals surface area contributed by atoms with Crippen LogP contribution in [0.15, 0.2) is 0 Å². The number of hydrogen-bond acceptors (Lipinski definition) is 1. The van der Waals surface area contributed by atoms with E-state index in [0.29, 0.717) is 6.16 Å². The van der Waals surface area contributed by atoms with E-state index in [0.717, 1.165) is 0 Å². The van der Waals surface area contributed by atoms with Crippen LogP contribution in [0.5, 0.6) is 0 Å². The van der Waals surface area contributed by atoms with E-state index in [2.05, 4.69) is 5.92 Å². The summed E-state index contributed by atoms with van der Waals surface area (Å²) in [5.41, 5.74) is 0. The molecule has 0 spiro atoms. The van der Waals surface area contributed by atoms with Gasteiger partial charge in [0.05, 0.1) is 0 Å². The van der Waals surface area contributed by atoms with E-state index in [4.69, 9.17) is 6.42 Å². The minimum atomic E-state index is -0.328. The predicted octanol–water partition coefficient (Wildman–Crippen LogP) is 0.644. The average molecular weight is 87.0 g/mol. The van der Waals surface area contributed by atoms with Crippen molar-refractivity contribution < 1.29 is 4.57 Å². The maximum absolute atomic E-state index is 9.42. The molecule has 0 saturated heterocycles. The molecule has 0 saturated carbocycles. The van der Waals surface area contributed by atoms with E-state index in [9.17, 15) is 4.57 Å². The zero-order chi connectivity index (χ0) is 4.12. The summed E-state index contributed by atoms with van der Waals surface area (Å²) in [7, 11) is -0.328. The SMILES string of the molecule is C#CC[PH+]=O. The predicted molar refractivity (Wildman–Crippen MR) is 22.7 cm³/mol. The minimum absolute atomic E-state index is 0.328. The van der Waals surface area contributed by atoms with Crippen LogP contribution in [0, 0.1) is 12.3 Å². The molecular formula is C3H4OP+. The van der Waals surface area contributed by atoms with E-state index in [1.54, 1.807) is 0 Å². The van der Waals surface area contributed by atoms with Gasteiger partial charge in [-0.3, -0.25) is 0 Å². The Morgan fingerprint density at radius 2 is 2.60 bits per heavy atom. The van der Waals surface area contributed by atoms with Crippen molar-refractivity contribution in [2.45, 2.75) is 0 Å². The molecule has 0 radical (unpaired) electrons. The smallest absolute Gasteiger partial charge is 0.116 e. The van der Waals surface area contributed by atoms with Crippen molar-refractivity contribution in [1.29, 1.82) is 0 Å². The summed E-state index contributed by atoms with van der Waals surface area (Å²) in [5.74, 6) is 2.22. The van der Waals surface area contributed by atoms with Crippen molar-refractivity contribution in [1.82, 2.24) is 0 Å². The monoisotopic (exact) mass is 87.0 g/mol. The van der Waals surface area contributed by atoms with Gasteiger partial charge in [0, 0.05) is 0 Å². The first kappa shape index (κ1) is 4.66. The van der Waals surface area contributed by atoms with Crippen molar-refractivity contribution >= 4 is 8.46 Å². The van der Waals surface area contributed by atoms with E-state index < -0.39 is 0 Å². The standard InChI is InChI=1S/C3H3OP/c1-2-3-5-4/h1H,3H2/p+1. The summed E-state index contributed by atoms with van der Waals surface area (Å²) in [6, 6.07) is 0. The fourth-order valence-electron chi connectivity index (χ4n) is 0.0417. The average Bonchev–Trinajstić information content (AvgIpc) is 1.41. The molecule has 1 nitrogen and oxygen atoms in total. The second-order valence-electron chi connectivity index (χ2n) is 0.525. The highest BCUT2D eigenvalue weighted by Gasteiger charge is 1.73. The Morgan fingerprint density at radius 1 is 2.00 bits per heavy atom. The van der Waals surface area contributed by atoms with Crippen LogP contribution in [0.2, 0.25) is 0 Å². The third kappa shape index (κ3) is 3.66. The number of rotatable bonds is 1. The van der Waals surface area contributed by atoms with Gasteiger partial charge in [-0.1, -0.05) is 10.5 Å². The van der Waals surface area contributed by atoms with Gasteiger partial charge in [-0.05, 0) is 0 Å². The van der Waals surface area contributed by atoms with Crippen molar-refractivity contribution in [3.05, 3.63) is 0 Å². The Morgan fingerprint density at radius 3 is 2.60 bits per heavy atom. The highest BCUT2D eigenvalue weighted by atomic mass is 31.1. The summed E-state index contributed by atoms with van der Waals surface area (Å²) in [6.45, 7) is 0. The summed E-state index contributed by atoms with van der Waals surface area (Å²) < 4.78 is 9.42. The fraction of sp³-hybridized carbons (Fsp3) is 0.333. The maximum atomic E-state index is 9.42. The van der Waals surface area contributed by atoms with Gasteiger partial charge in [0.25, 0.3) is 0 Å². The Kier molecular flexibility index (Phi) is 3.41.